The molecule has 148 valence electrons. The predicted octanol–water partition coefficient (Wildman–Crippen LogP) is 5.35. The van der Waals surface area contributed by atoms with Crippen molar-refractivity contribution in [2.45, 2.75) is 13.5 Å². The number of benzene rings is 3. The van der Waals surface area contributed by atoms with E-state index in [9.17, 15) is 9.59 Å². The smallest absolute Gasteiger partial charge is 0.340 e. The minimum absolute atomic E-state index is 0.252. The number of hydrogen-bond acceptors (Lipinski definition) is 4. The van der Waals surface area contributed by atoms with Gasteiger partial charge in [-0.05, 0) is 48.9 Å². The van der Waals surface area contributed by atoms with Crippen molar-refractivity contribution in [1.82, 2.24) is 0 Å². The molecule has 0 aliphatic heterocycles. The molecule has 0 aliphatic rings. The fraction of sp³-hybridized carbons (Fsp3) is 0.130. The molecule has 0 aliphatic carbocycles. The van der Waals surface area contributed by atoms with Crippen molar-refractivity contribution < 1.29 is 19.1 Å². The van der Waals surface area contributed by atoms with Gasteiger partial charge in [0, 0.05) is 5.02 Å². The lowest BCUT2D eigenvalue weighted by Crippen LogP contribution is -2.17. The standard InChI is InChI=1S/C23H20ClNO4/c1-2-28-23(27)18-7-3-5-9-20(18)25-22(26)19-8-4-6-10-21(19)29-15-16-11-13-17(24)14-12-16/h3-14H,2,15H2,1H3,(H,25,26). The Balaban J connectivity index is 1.77. The van der Waals surface area contributed by atoms with Gasteiger partial charge in [-0.1, -0.05) is 48.0 Å². The van der Waals surface area contributed by atoms with Crippen LogP contribution in [0.1, 0.15) is 33.2 Å². The van der Waals surface area contributed by atoms with Crippen molar-refractivity contribution in [2.75, 3.05) is 11.9 Å². The summed E-state index contributed by atoms with van der Waals surface area (Å²) in [6.07, 6.45) is 0. The van der Waals surface area contributed by atoms with Crippen LogP contribution in [0.3, 0.4) is 0 Å². The molecule has 0 spiro atoms. The Morgan fingerprint density at radius 2 is 1.55 bits per heavy atom. The van der Waals surface area contributed by atoms with Gasteiger partial charge in [0.05, 0.1) is 23.4 Å². The van der Waals surface area contributed by atoms with Crippen molar-refractivity contribution in [3.05, 3.63) is 94.5 Å². The lowest BCUT2D eigenvalue weighted by Gasteiger charge is -2.13. The van der Waals surface area contributed by atoms with Gasteiger partial charge >= 0.3 is 5.97 Å². The summed E-state index contributed by atoms with van der Waals surface area (Å²) in [7, 11) is 0. The van der Waals surface area contributed by atoms with Crippen LogP contribution in [-0.4, -0.2) is 18.5 Å². The molecular weight excluding hydrogens is 390 g/mol. The lowest BCUT2D eigenvalue weighted by molar-refractivity contribution is 0.0527. The average Bonchev–Trinajstić information content (AvgIpc) is 2.74. The zero-order valence-corrected chi connectivity index (χ0v) is 16.6. The molecule has 0 atom stereocenters. The third kappa shape index (κ3) is 5.36. The Kier molecular flexibility index (Phi) is 6.87. The van der Waals surface area contributed by atoms with Gasteiger partial charge in [-0.15, -0.1) is 0 Å². The van der Waals surface area contributed by atoms with Crippen molar-refractivity contribution in [1.29, 1.82) is 0 Å². The average molecular weight is 410 g/mol. The molecule has 3 rings (SSSR count). The van der Waals surface area contributed by atoms with E-state index in [1.807, 2.05) is 12.1 Å². The summed E-state index contributed by atoms with van der Waals surface area (Å²) in [6.45, 7) is 2.27. The van der Waals surface area contributed by atoms with Crippen LogP contribution in [0.5, 0.6) is 5.75 Å². The van der Waals surface area contributed by atoms with Crippen molar-refractivity contribution in [3.8, 4) is 5.75 Å². The second kappa shape index (κ2) is 9.75. The van der Waals surface area contributed by atoms with E-state index in [-0.39, 0.29) is 12.5 Å². The fourth-order valence-electron chi connectivity index (χ4n) is 2.69. The quantitative estimate of drug-likeness (QED) is 0.534. The Labute approximate surface area is 174 Å². The maximum absolute atomic E-state index is 12.9. The molecule has 0 fully saturated rings. The number of anilines is 1. The second-order valence-electron chi connectivity index (χ2n) is 6.13. The summed E-state index contributed by atoms with van der Waals surface area (Å²) >= 11 is 5.90. The molecule has 3 aromatic rings. The Morgan fingerprint density at radius 1 is 0.897 bits per heavy atom. The highest BCUT2D eigenvalue weighted by Gasteiger charge is 2.17. The molecule has 0 heterocycles. The van der Waals surface area contributed by atoms with Crippen LogP contribution in [0.25, 0.3) is 0 Å². The van der Waals surface area contributed by atoms with Gasteiger partial charge < -0.3 is 14.8 Å². The van der Waals surface area contributed by atoms with Crippen molar-refractivity contribution >= 4 is 29.2 Å². The maximum atomic E-state index is 12.9. The van der Waals surface area contributed by atoms with Crippen LogP contribution in [0, 0.1) is 0 Å². The Morgan fingerprint density at radius 3 is 2.28 bits per heavy atom. The third-order valence-electron chi connectivity index (χ3n) is 4.11. The molecule has 1 amide bonds. The topological polar surface area (TPSA) is 64.6 Å². The summed E-state index contributed by atoms with van der Waals surface area (Å²) in [6, 6.07) is 20.9. The molecule has 0 saturated heterocycles. The number of rotatable bonds is 7. The summed E-state index contributed by atoms with van der Waals surface area (Å²) < 4.78 is 10.9. The minimum Gasteiger partial charge on any atom is -0.488 e. The number of ether oxygens (including phenoxy) is 2. The highest BCUT2D eigenvalue weighted by Crippen LogP contribution is 2.23. The van der Waals surface area contributed by atoms with Crippen LogP contribution < -0.4 is 10.1 Å². The van der Waals surface area contributed by atoms with Crippen LogP contribution in [0.15, 0.2) is 72.8 Å². The van der Waals surface area contributed by atoms with Crippen LogP contribution in [0.4, 0.5) is 5.69 Å². The van der Waals surface area contributed by atoms with Crippen molar-refractivity contribution in [3.63, 3.8) is 0 Å². The number of amides is 1. The molecule has 29 heavy (non-hydrogen) atoms. The maximum Gasteiger partial charge on any atom is 0.340 e. The van der Waals surface area contributed by atoms with E-state index in [1.54, 1.807) is 67.6 Å². The van der Waals surface area contributed by atoms with Gasteiger partial charge in [0.25, 0.3) is 5.91 Å². The van der Waals surface area contributed by atoms with Crippen LogP contribution >= 0.6 is 11.6 Å². The van der Waals surface area contributed by atoms with Crippen molar-refractivity contribution in [2.24, 2.45) is 0 Å². The summed E-state index contributed by atoms with van der Waals surface area (Å²) in [4.78, 5) is 25.0. The summed E-state index contributed by atoms with van der Waals surface area (Å²) in [5.74, 6) is -0.433. The Hall–Kier alpha value is -3.31. The number of carbonyl (C=O) groups excluding carboxylic acids is 2. The normalized spacial score (nSPS) is 10.3. The number of hydrogen-bond donors (Lipinski definition) is 1. The van der Waals surface area contributed by atoms with Gasteiger partial charge in [-0.25, -0.2) is 4.79 Å². The first-order chi connectivity index (χ1) is 14.1. The van der Waals surface area contributed by atoms with E-state index in [0.29, 0.717) is 34.2 Å². The number of para-hydroxylation sites is 2. The second-order valence-corrected chi connectivity index (χ2v) is 6.57. The first kappa shape index (κ1) is 20.4. The monoisotopic (exact) mass is 409 g/mol. The number of nitrogens with one attached hydrogen (secondary N) is 1. The van der Waals surface area contributed by atoms with E-state index < -0.39 is 5.97 Å². The third-order valence-corrected chi connectivity index (χ3v) is 4.36. The lowest BCUT2D eigenvalue weighted by atomic mass is 10.1. The number of halogens is 1. The summed E-state index contributed by atoms with van der Waals surface area (Å²) in [5.41, 5.74) is 1.96. The molecule has 5 nitrogen and oxygen atoms in total. The van der Waals surface area contributed by atoms with E-state index in [4.69, 9.17) is 21.1 Å². The highest BCUT2D eigenvalue weighted by atomic mass is 35.5. The molecule has 3 aromatic carbocycles. The molecule has 6 heteroatoms. The fourth-order valence-corrected chi connectivity index (χ4v) is 2.82. The minimum atomic E-state index is -0.490. The highest BCUT2D eigenvalue weighted by molar-refractivity contribution is 6.30. The van der Waals surface area contributed by atoms with E-state index in [1.165, 1.54) is 0 Å². The number of esters is 1. The number of carbonyl (C=O) groups is 2. The van der Waals surface area contributed by atoms with Gasteiger partial charge in [-0.3, -0.25) is 4.79 Å². The molecule has 0 saturated carbocycles. The van der Waals surface area contributed by atoms with Crippen LogP contribution in [-0.2, 0) is 11.3 Å². The zero-order valence-electron chi connectivity index (χ0n) is 15.9. The molecule has 0 radical (unpaired) electrons. The predicted molar refractivity (Wildman–Crippen MR) is 113 cm³/mol. The van der Waals surface area contributed by atoms with E-state index in [0.717, 1.165) is 5.56 Å². The molecule has 0 aromatic heterocycles. The summed E-state index contributed by atoms with van der Waals surface area (Å²) in [5, 5.41) is 3.42. The zero-order chi connectivity index (χ0) is 20.6. The van der Waals surface area contributed by atoms with Gasteiger partial charge in [0.1, 0.15) is 12.4 Å². The molecular formula is C23H20ClNO4. The molecule has 0 unspecified atom stereocenters. The first-order valence-corrected chi connectivity index (χ1v) is 9.50. The largest absolute Gasteiger partial charge is 0.488 e. The SMILES string of the molecule is CCOC(=O)c1ccccc1NC(=O)c1ccccc1OCc1ccc(Cl)cc1. The van der Waals surface area contributed by atoms with Gasteiger partial charge in [-0.2, -0.15) is 0 Å². The molecule has 0 bridgehead atoms. The van der Waals surface area contributed by atoms with Gasteiger partial charge in [0.2, 0.25) is 0 Å². The van der Waals surface area contributed by atoms with E-state index in [2.05, 4.69) is 5.32 Å². The first-order valence-electron chi connectivity index (χ1n) is 9.12. The van der Waals surface area contributed by atoms with Gasteiger partial charge in [0.15, 0.2) is 0 Å². The Bertz CT molecular complexity index is 1000. The van der Waals surface area contributed by atoms with E-state index >= 15 is 0 Å². The molecule has 1 N–H and O–H groups in total. The van der Waals surface area contributed by atoms with Crippen LogP contribution in [0.2, 0.25) is 5.02 Å².